The quantitative estimate of drug-likeness (QED) is 0.655. The van der Waals surface area contributed by atoms with E-state index >= 15 is 0 Å². The van der Waals surface area contributed by atoms with Crippen LogP contribution < -0.4 is 10.6 Å². The molecule has 1 aliphatic heterocycles. The van der Waals surface area contributed by atoms with E-state index in [1.807, 2.05) is 11.8 Å². The molecule has 1 aromatic rings. The third kappa shape index (κ3) is 3.16. The standard InChI is InChI=1S/C10H17N5S/c1-8-9(15-7-14-8)6-16-5-4-13-10-11-2-3-12-10/h7H,2-6H2,1H3,(H,14,15)(H2,11,12,13). The van der Waals surface area contributed by atoms with Crippen molar-refractivity contribution in [2.45, 2.75) is 12.7 Å². The lowest BCUT2D eigenvalue weighted by atomic mass is 10.4. The van der Waals surface area contributed by atoms with Crippen LogP contribution in [0.25, 0.3) is 0 Å². The number of aryl methyl sites for hydroxylation is 1. The summed E-state index contributed by atoms with van der Waals surface area (Å²) in [6.07, 6.45) is 1.75. The van der Waals surface area contributed by atoms with Gasteiger partial charge in [-0.25, -0.2) is 4.98 Å². The number of aromatic nitrogens is 2. The van der Waals surface area contributed by atoms with E-state index in [4.69, 9.17) is 0 Å². The molecule has 1 aromatic heterocycles. The van der Waals surface area contributed by atoms with Gasteiger partial charge in [0, 0.05) is 30.3 Å². The summed E-state index contributed by atoms with van der Waals surface area (Å²) in [7, 11) is 0. The summed E-state index contributed by atoms with van der Waals surface area (Å²) in [4.78, 5) is 11.6. The van der Waals surface area contributed by atoms with Crippen molar-refractivity contribution in [3.63, 3.8) is 0 Å². The van der Waals surface area contributed by atoms with Crippen LogP contribution >= 0.6 is 11.8 Å². The Labute approximate surface area is 99.5 Å². The average molecular weight is 239 g/mol. The maximum absolute atomic E-state index is 4.27. The fourth-order valence-corrected chi connectivity index (χ4v) is 2.33. The third-order valence-electron chi connectivity index (χ3n) is 2.39. The van der Waals surface area contributed by atoms with E-state index in [1.165, 1.54) is 5.69 Å². The maximum Gasteiger partial charge on any atom is 0.191 e. The van der Waals surface area contributed by atoms with Crippen molar-refractivity contribution in [2.75, 3.05) is 25.4 Å². The molecule has 6 heteroatoms. The van der Waals surface area contributed by atoms with Crippen molar-refractivity contribution in [1.82, 2.24) is 20.6 Å². The summed E-state index contributed by atoms with van der Waals surface area (Å²) >= 11 is 1.88. The van der Waals surface area contributed by atoms with Gasteiger partial charge in [-0.3, -0.25) is 4.99 Å². The molecule has 0 spiro atoms. The van der Waals surface area contributed by atoms with E-state index in [9.17, 15) is 0 Å². The van der Waals surface area contributed by atoms with Gasteiger partial charge in [-0.1, -0.05) is 0 Å². The molecule has 2 heterocycles. The number of H-pyrrole nitrogens is 1. The highest BCUT2D eigenvalue weighted by atomic mass is 32.2. The molecular formula is C10H17N5S. The number of imidazole rings is 1. The van der Waals surface area contributed by atoms with Gasteiger partial charge in [-0.05, 0) is 6.92 Å². The SMILES string of the molecule is Cc1[nH]cnc1CSCCNC1=NCCN1. The molecule has 0 bridgehead atoms. The smallest absolute Gasteiger partial charge is 0.191 e. The van der Waals surface area contributed by atoms with Crippen LogP contribution in [0.4, 0.5) is 0 Å². The highest BCUT2D eigenvalue weighted by molar-refractivity contribution is 7.98. The number of nitrogens with one attached hydrogen (secondary N) is 3. The lowest BCUT2D eigenvalue weighted by Gasteiger charge is -2.05. The third-order valence-corrected chi connectivity index (χ3v) is 3.36. The second-order valence-corrected chi connectivity index (χ2v) is 4.72. The predicted octanol–water partition coefficient (Wildman–Crippen LogP) is 0.500. The number of aromatic amines is 1. The van der Waals surface area contributed by atoms with Crippen LogP contribution in [0.1, 0.15) is 11.4 Å². The lowest BCUT2D eigenvalue weighted by Crippen LogP contribution is -2.35. The number of thioether (sulfide) groups is 1. The molecular weight excluding hydrogens is 222 g/mol. The second-order valence-electron chi connectivity index (χ2n) is 3.61. The van der Waals surface area contributed by atoms with Crippen LogP contribution in [-0.2, 0) is 5.75 Å². The molecule has 2 rings (SSSR count). The summed E-state index contributed by atoms with van der Waals surface area (Å²) in [5.74, 6) is 2.97. The molecule has 0 radical (unpaired) electrons. The molecule has 0 atom stereocenters. The second kappa shape index (κ2) is 5.79. The van der Waals surface area contributed by atoms with Gasteiger partial charge in [0.05, 0.1) is 18.6 Å². The Morgan fingerprint density at radius 3 is 3.19 bits per heavy atom. The van der Waals surface area contributed by atoms with E-state index in [0.717, 1.165) is 42.8 Å². The monoisotopic (exact) mass is 239 g/mol. The van der Waals surface area contributed by atoms with Crippen molar-refractivity contribution in [3.8, 4) is 0 Å². The van der Waals surface area contributed by atoms with Gasteiger partial charge in [-0.2, -0.15) is 11.8 Å². The van der Waals surface area contributed by atoms with Crippen molar-refractivity contribution in [2.24, 2.45) is 4.99 Å². The Morgan fingerprint density at radius 2 is 2.50 bits per heavy atom. The van der Waals surface area contributed by atoms with E-state index in [-0.39, 0.29) is 0 Å². The first kappa shape index (κ1) is 11.3. The number of rotatable bonds is 5. The highest BCUT2D eigenvalue weighted by Crippen LogP contribution is 2.11. The molecule has 0 aromatic carbocycles. The summed E-state index contributed by atoms with van der Waals surface area (Å²) in [6, 6.07) is 0. The predicted molar refractivity (Wildman–Crippen MR) is 67.8 cm³/mol. The number of guanidine groups is 1. The van der Waals surface area contributed by atoms with Crippen LogP contribution in [0.2, 0.25) is 0 Å². The van der Waals surface area contributed by atoms with E-state index in [1.54, 1.807) is 6.33 Å². The Hall–Kier alpha value is -1.17. The largest absolute Gasteiger partial charge is 0.356 e. The molecule has 3 N–H and O–H groups in total. The average Bonchev–Trinajstić information content (AvgIpc) is 2.90. The minimum atomic E-state index is 0.891. The normalized spacial score (nSPS) is 14.7. The number of hydrogen-bond donors (Lipinski definition) is 3. The van der Waals surface area contributed by atoms with Gasteiger partial charge in [0.15, 0.2) is 5.96 Å². The Morgan fingerprint density at radius 1 is 1.56 bits per heavy atom. The van der Waals surface area contributed by atoms with Gasteiger partial charge < -0.3 is 15.6 Å². The van der Waals surface area contributed by atoms with Crippen LogP contribution in [-0.4, -0.2) is 41.3 Å². The van der Waals surface area contributed by atoms with Crippen LogP contribution in [0.15, 0.2) is 11.3 Å². The number of aliphatic imine (C=N–C) groups is 1. The molecule has 0 unspecified atom stereocenters. The number of hydrogen-bond acceptors (Lipinski definition) is 5. The van der Waals surface area contributed by atoms with E-state index < -0.39 is 0 Å². The van der Waals surface area contributed by atoms with Crippen molar-refractivity contribution >= 4 is 17.7 Å². The molecule has 0 aliphatic carbocycles. The van der Waals surface area contributed by atoms with Gasteiger partial charge in [0.1, 0.15) is 0 Å². The van der Waals surface area contributed by atoms with Crippen LogP contribution in [0, 0.1) is 6.92 Å². The first-order valence-corrected chi connectivity index (χ1v) is 6.60. The minimum Gasteiger partial charge on any atom is -0.356 e. The summed E-state index contributed by atoms with van der Waals surface area (Å²) < 4.78 is 0. The molecule has 0 saturated heterocycles. The summed E-state index contributed by atoms with van der Waals surface area (Å²) in [5.41, 5.74) is 2.32. The Kier molecular flexibility index (Phi) is 4.10. The molecule has 0 saturated carbocycles. The van der Waals surface area contributed by atoms with E-state index in [0.29, 0.717) is 0 Å². The van der Waals surface area contributed by atoms with Gasteiger partial charge in [-0.15, -0.1) is 0 Å². The van der Waals surface area contributed by atoms with Gasteiger partial charge in [0.25, 0.3) is 0 Å². The molecule has 16 heavy (non-hydrogen) atoms. The first-order valence-electron chi connectivity index (χ1n) is 5.45. The zero-order valence-corrected chi connectivity index (χ0v) is 10.2. The van der Waals surface area contributed by atoms with Crippen molar-refractivity contribution in [1.29, 1.82) is 0 Å². The Bertz CT molecular complexity index is 360. The van der Waals surface area contributed by atoms with Gasteiger partial charge >= 0.3 is 0 Å². The summed E-state index contributed by atoms with van der Waals surface area (Å²) in [6.45, 7) is 4.85. The zero-order chi connectivity index (χ0) is 11.2. The van der Waals surface area contributed by atoms with Crippen molar-refractivity contribution < 1.29 is 0 Å². The number of nitrogens with zero attached hydrogens (tertiary/aromatic N) is 2. The molecule has 88 valence electrons. The fraction of sp³-hybridized carbons (Fsp3) is 0.600. The highest BCUT2D eigenvalue weighted by Gasteiger charge is 2.03. The van der Waals surface area contributed by atoms with Crippen LogP contribution in [0.5, 0.6) is 0 Å². The lowest BCUT2D eigenvalue weighted by molar-refractivity contribution is 0.903. The van der Waals surface area contributed by atoms with E-state index in [2.05, 4.69) is 32.5 Å². The van der Waals surface area contributed by atoms with Gasteiger partial charge in [0.2, 0.25) is 0 Å². The molecule has 0 fully saturated rings. The first-order chi connectivity index (χ1) is 7.86. The molecule has 1 aliphatic rings. The van der Waals surface area contributed by atoms with Crippen LogP contribution in [0.3, 0.4) is 0 Å². The zero-order valence-electron chi connectivity index (χ0n) is 9.42. The molecule has 0 amide bonds. The summed E-state index contributed by atoms with van der Waals surface area (Å²) in [5, 5.41) is 6.45. The van der Waals surface area contributed by atoms with Crippen molar-refractivity contribution in [3.05, 3.63) is 17.7 Å². The Balaban J connectivity index is 1.57. The minimum absolute atomic E-state index is 0.891. The topological polar surface area (TPSA) is 65.1 Å². The maximum atomic E-state index is 4.27. The fourth-order valence-electron chi connectivity index (χ4n) is 1.46. The molecule has 5 nitrogen and oxygen atoms in total.